The van der Waals surface area contributed by atoms with Crippen molar-refractivity contribution in [1.29, 1.82) is 0 Å². The molecule has 0 heterocycles. The molecule has 0 spiro atoms. The van der Waals surface area contributed by atoms with E-state index >= 15 is 0 Å². The summed E-state index contributed by atoms with van der Waals surface area (Å²) in [6.45, 7) is 1.82. The summed E-state index contributed by atoms with van der Waals surface area (Å²) >= 11 is 11.8. The fraction of sp³-hybridized carbons (Fsp3) is 0.455. The number of hydrogen-bond donors (Lipinski definition) is 1. The van der Waals surface area contributed by atoms with E-state index in [2.05, 4.69) is 0 Å². The highest BCUT2D eigenvalue weighted by molar-refractivity contribution is 6.33. The van der Waals surface area contributed by atoms with Crippen LogP contribution in [0.25, 0.3) is 0 Å². The third kappa shape index (κ3) is 2.83. The van der Waals surface area contributed by atoms with Crippen LogP contribution in [0.5, 0.6) is 0 Å². The summed E-state index contributed by atoms with van der Waals surface area (Å²) in [6.07, 6.45) is 1.06. The van der Waals surface area contributed by atoms with E-state index in [1.54, 1.807) is 18.2 Å². The van der Waals surface area contributed by atoms with Crippen molar-refractivity contribution in [3.8, 4) is 0 Å². The normalized spacial score (nSPS) is 15.0. The van der Waals surface area contributed by atoms with Gasteiger partial charge in [-0.25, -0.2) is 4.39 Å². The molecule has 2 N–H and O–H groups in total. The molecule has 0 aliphatic carbocycles. The molecule has 4 heteroatoms. The first-order valence-electron chi connectivity index (χ1n) is 4.88. The van der Waals surface area contributed by atoms with E-state index in [1.807, 2.05) is 6.92 Å². The van der Waals surface area contributed by atoms with Gasteiger partial charge in [0.15, 0.2) is 0 Å². The zero-order chi connectivity index (χ0) is 11.5. The number of benzene rings is 1. The quantitative estimate of drug-likeness (QED) is 0.861. The van der Waals surface area contributed by atoms with Crippen LogP contribution in [0.15, 0.2) is 18.2 Å². The molecule has 0 bridgehead atoms. The van der Waals surface area contributed by atoms with Gasteiger partial charge < -0.3 is 5.73 Å². The molecule has 0 radical (unpaired) electrons. The lowest BCUT2D eigenvalue weighted by atomic mass is 9.91. The smallest absolute Gasteiger partial charge is 0.149 e. The molecule has 15 heavy (non-hydrogen) atoms. The standard InChI is InChI=1S/C11H14Cl2FN/c1-2-5-11(14,7-15)9-6-8(12)3-4-10(9)13/h3-4,6H,2,5,7,15H2,1H3. The fourth-order valence-corrected chi connectivity index (χ4v) is 2.04. The maximum Gasteiger partial charge on any atom is 0.149 e. The molecule has 1 unspecified atom stereocenters. The molecule has 1 nitrogen and oxygen atoms in total. The first kappa shape index (κ1) is 12.8. The van der Waals surface area contributed by atoms with E-state index in [1.165, 1.54) is 0 Å². The Morgan fingerprint density at radius 3 is 2.60 bits per heavy atom. The zero-order valence-electron chi connectivity index (χ0n) is 8.56. The van der Waals surface area contributed by atoms with Gasteiger partial charge in [-0.2, -0.15) is 0 Å². The molecule has 0 aromatic heterocycles. The van der Waals surface area contributed by atoms with Crippen LogP contribution in [0.3, 0.4) is 0 Å². The van der Waals surface area contributed by atoms with E-state index in [4.69, 9.17) is 28.9 Å². The van der Waals surface area contributed by atoms with Crippen molar-refractivity contribution in [3.05, 3.63) is 33.8 Å². The second kappa shape index (κ2) is 5.15. The molecule has 0 saturated heterocycles. The Morgan fingerprint density at radius 2 is 2.07 bits per heavy atom. The molecule has 0 fully saturated rings. The number of nitrogens with two attached hydrogens (primary N) is 1. The first-order valence-corrected chi connectivity index (χ1v) is 5.63. The van der Waals surface area contributed by atoms with Gasteiger partial charge in [-0.05, 0) is 24.6 Å². The topological polar surface area (TPSA) is 26.0 Å². The summed E-state index contributed by atoms with van der Waals surface area (Å²) in [4.78, 5) is 0. The Hall–Kier alpha value is -0.310. The van der Waals surface area contributed by atoms with Gasteiger partial charge in [0.25, 0.3) is 0 Å². The average molecular weight is 250 g/mol. The van der Waals surface area contributed by atoms with Crippen LogP contribution in [-0.4, -0.2) is 6.54 Å². The van der Waals surface area contributed by atoms with Crippen LogP contribution in [0.4, 0.5) is 4.39 Å². The summed E-state index contributed by atoms with van der Waals surface area (Å²) in [5.74, 6) is 0. The molecule has 1 aromatic rings. The SMILES string of the molecule is CCCC(F)(CN)c1cc(Cl)ccc1Cl. The predicted molar refractivity (Wildman–Crippen MR) is 63.2 cm³/mol. The highest BCUT2D eigenvalue weighted by Crippen LogP contribution is 2.36. The highest BCUT2D eigenvalue weighted by Gasteiger charge is 2.31. The second-order valence-electron chi connectivity index (χ2n) is 3.54. The molecular formula is C11H14Cl2FN. The van der Waals surface area contributed by atoms with Gasteiger partial charge >= 0.3 is 0 Å². The molecule has 0 aliphatic heterocycles. The third-order valence-corrected chi connectivity index (χ3v) is 2.95. The van der Waals surface area contributed by atoms with E-state index in [9.17, 15) is 4.39 Å². The van der Waals surface area contributed by atoms with E-state index < -0.39 is 5.67 Å². The van der Waals surface area contributed by atoms with Crippen molar-refractivity contribution in [2.75, 3.05) is 6.54 Å². The van der Waals surface area contributed by atoms with Crippen molar-refractivity contribution < 1.29 is 4.39 Å². The molecule has 84 valence electrons. The monoisotopic (exact) mass is 249 g/mol. The minimum Gasteiger partial charge on any atom is -0.327 e. The Bertz CT molecular complexity index is 343. The number of halogens is 3. The Labute approximate surface area is 99.4 Å². The van der Waals surface area contributed by atoms with Crippen molar-refractivity contribution in [2.24, 2.45) is 5.73 Å². The summed E-state index contributed by atoms with van der Waals surface area (Å²) in [5.41, 5.74) is 4.28. The van der Waals surface area contributed by atoms with Crippen molar-refractivity contribution >= 4 is 23.2 Å². The van der Waals surface area contributed by atoms with Gasteiger partial charge in [-0.15, -0.1) is 0 Å². The number of rotatable bonds is 4. The lowest BCUT2D eigenvalue weighted by Gasteiger charge is -2.24. The highest BCUT2D eigenvalue weighted by atomic mass is 35.5. The lowest BCUT2D eigenvalue weighted by molar-refractivity contribution is 0.159. The Morgan fingerprint density at radius 1 is 1.40 bits per heavy atom. The Kier molecular flexibility index (Phi) is 4.38. The van der Waals surface area contributed by atoms with E-state index in [-0.39, 0.29) is 6.54 Å². The molecule has 1 rings (SSSR count). The lowest BCUT2D eigenvalue weighted by Crippen LogP contribution is -2.30. The van der Waals surface area contributed by atoms with Gasteiger partial charge in [-0.3, -0.25) is 0 Å². The molecule has 1 atom stereocenters. The predicted octanol–water partition coefficient (Wildman–Crippen LogP) is 3.92. The maximum atomic E-state index is 14.4. The van der Waals surface area contributed by atoms with Crippen molar-refractivity contribution in [1.82, 2.24) is 0 Å². The number of hydrogen-bond acceptors (Lipinski definition) is 1. The average Bonchev–Trinajstić information content (AvgIpc) is 2.22. The minimum atomic E-state index is -1.57. The summed E-state index contributed by atoms with van der Waals surface area (Å²) in [5, 5.41) is 0.849. The molecule has 0 aliphatic rings. The van der Waals surface area contributed by atoms with Gasteiger partial charge in [0.2, 0.25) is 0 Å². The Balaban J connectivity index is 3.16. The summed E-state index contributed by atoms with van der Waals surface area (Å²) < 4.78 is 14.4. The van der Waals surface area contributed by atoms with Crippen LogP contribution < -0.4 is 5.73 Å². The minimum absolute atomic E-state index is 0.0824. The van der Waals surface area contributed by atoms with Crippen LogP contribution in [0.2, 0.25) is 10.0 Å². The van der Waals surface area contributed by atoms with E-state index in [0.29, 0.717) is 28.5 Å². The first-order chi connectivity index (χ1) is 7.03. The van der Waals surface area contributed by atoms with E-state index in [0.717, 1.165) is 0 Å². The largest absolute Gasteiger partial charge is 0.327 e. The summed E-state index contributed by atoms with van der Waals surface area (Å²) in [7, 11) is 0. The van der Waals surface area contributed by atoms with Crippen LogP contribution in [0, 0.1) is 0 Å². The van der Waals surface area contributed by atoms with Gasteiger partial charge in [0, 0.05) is 22.2 Å². The van der Waals surface area contributed by atoms with Gasteiger partial charge in [-0.1, -0.05) is 36.5 Å². The molecule has 0 saturated carbocycles. The van der Waals surface area contributed by atoms with Crippen LogP contribution in [-0.2, 0) is 5.67 Å². The molecular weight excluding hydrogens is 236 g/mol. The summed E-state index contributed by atoms with van der Waals surface area (Å²) in [6, 6.07) is 4.78. The fourth-order valence-electron chi connectivity index (χ4n) is 1.58. The molecule has 1 aromatic carbocycles. The van der Waals surface area contributed by atoms with Gasteiger partial charge in [0.1, 0.15) is 5.67 Å². The van der Waals surface area contributed by atoms with Crippen LogP contribution >= 0.6 is 23.2 Å². The second-order valence-corrected chi connectivity index (χ2v) is 4.39. The maximum absolute atomic E-state index is 14.4. The van der Waals surface area contributed by atoms with Gasteiger partial charge in [0.05, 0.1) is 0 Å². The van der Waals surface area contributed by atoms with Crippen LogP contribution in [0.1, 0.15) is 25.3 Å². The zero-order valence-corrected chi connectivity index (χ0v) is 10.1. The number of alkyl halides is 1. The molecule has 0 amide bonds. The van der Waals surface area contributed by atoms with Crippen molar-refractivity contribution in [3.63, 3.8) is 0 Å². The van der Waals surface area contributed by atoms with Crippen molar-refractivity contribution in [2.45, 2.75) is 25.4 Å². The third-order valence-electron chi connectivity index (χ3n) is 2.38.